The molecule has 1 aromatic rings. The van der Waals surface area contributed by atoms with Gasteiger partial charge in [-0.2, -0.15) is 0 Å². The number of hydrogen-bond donors (Lipinski definition) is 1. The van der Waals surface area contributed by atoms with Crippen LogP contribution < -0.4 is 19.9 Å². The molecule has 0 bridgehead atoms. The maximum Gasteiger partial charge on any atom is 0.231 e. The van der Waals surface area contributed by atoms with Gasteiger partial charge in [0.25, 0.3) is 0 Å². The fraction of sp³-hybridized carbons (Fsp3) is 0.600. The van der Waals surface area contributed by atoms with Gasteiger partial charge in [0.1, 0.15) is 5.75 Å². The van der Waals surface area contributed by atoms with Crippen LogP contribution in [0.15, 0.2) is 10.5 Å². The van der Waals surface area contributed by atoms with Gasteiger partial charge >= 0.3 is 0 Å². The summed E-state index contributed by atoms with van der Waals surface area (Å²) in [6, 6.07) is 1.91. The predicted molar refractivity (Wildman–Crippen MR) is 80.6 cm³/mol. The van der Waals surface area contributed by atoms with E-state index in [4.69, 9.17) is 19.9 Å². The lowest BCUT2D eigenvalue weighted by molar-refractivity contribution is 0.170. The van der Waals surface area contributed by atoms with Crippen molar-refractivity contribution in [1.82, 2.24) is 0 Å². The second kappa shape index (κ2) is 5.45. The minimum absolute atomic E-state index is 0.0643. The van der Waals surface area contributed by atoms with Crippen molar-refractivity contribution in [3.8, 4) is 17.2 Å². The van der Waals surface area contributed by atoms with Crippen molar-refractivity contribution in [2.24, 2.45) is 5.73 Å². The molecule has 0 radical (unpaired) electrons. The van der Waals surface area contributed by atoms with Crippen LogP contribution in [-0.2, 0) is 5.41 Å². The Morgan fingerprint density at radius 2 is 2.05 bits per heavy atom. The number of halogens is 1. The molecule has 0 spiro atoms. The van der Waals surface area contributed by atoms with Crippen LogP contribution in [-0.4, -0.2) is 20.4 Å². The van der Waals surface area contributed by atoms with Crippen molar-refractivity contribution in [1.29, 1.82) is 0 Å². The van der Waals surface area contributed by atoms with Gasteiger partial charge in [-0.15, -0.1) is 0 Å². The molecule has 1 aliphatic carbocycles. The molecule has 1 fully saturated rings. The Morgan fingerprint density at radius 1 is 1.30 bits per heavy atom. The summed E-state index contributed by atoms with van der Waals surface area (Å²) in [5.74, 6) is 2.44. The summed E-state index contributed by atoms with van der Waals surface area (Å²) < 4.78 is 17.8. The van der Waals surface area contributed by atoms with E-state index in [0.29, 0.717) is 6.54 Å². The molecule has 110 valence electrons. The zero-order chi connectivity index (χ0) is 14.2. The number of benzene rings is 1. The maximum absolute atomic E-state index is 6.17. The Kier molecular flexibility index (Phi) is 3.82. The van der Waals surface area contributed by atoms with E-state index >= 15 is 0 Å². The summed E-state index contributed by atoms with van der Waals surface area (Å²) in [7, 11) is 1.69. The number of hydrogen-bond acceptors (Lipinski definition) is 4. The second-order valence-corrected chi connectivity index (χ2v) is 6.40. The third-order valence-electron chi connectivity index (χ3n) is 4.51. The monoisotopic (exact) mass is 341 g/mol. The quantitative estimate of drug-likeness (QED) is 0.915. The summed E-state index contributed by atoms with van der Waals surface area (Å²) in [5.41, 5.74) is 7.19. The molecule has 0 atom stereocenters. The first-order chi connectivity index (χ1) is 9.72. The van der Waals surface area contributed by atoms with Gasteiger partial charge in [-0.3, -0.25) is 0 Å². The molecule has 0 amide bonds. The van der Waals surface area contributed by atoms with Crippen LogP contribution in [0.1, 0.15) is 37.7 Å². The second-order valence-electron chi connectivity index (χ2n) is 5.55. The van der Waals surface area contributed by atoms with E-state index in [1.807, 2.05) is 6.07 Å². The third-order valence-corrected chi connectivity index (χ3v) is 5.10. The average Bonchev–Trinajstić information content (AvgIpc) is 2.94. The van der Waals surface area contributed by atoms with Crippen LogP contribution in [0.3, 0.4) is 0 Å². The standard InChI is InChI=1S/C15H20BrNO3/c1-18-13-10(16)7-11-14(20-9-19-11)12(13)15(8-17)5-3-2-4-6-15/h7H,2-6,8-9,17H2,1H3. The molecule has 5 heteroatoms. The molecule has 1 aliphatic heterocycles. The topological polar surface area (TPSA) is 53.7 Å². The first kappa shape index (κ1) is 14.0. The molecule has 0 unspecified atom stereocenters. The fourth-order valence-electron chi connectivity index (χ4n) is 3.46. The largest absolute Gasteiger partial charge is 0.495 e. The van der Waals surface area contributed by atoms with Crippen LogP contribution in [0, 0.1) is 0 Å². The van der Waals surface area contributed by atoms with Gasteiger partial charge in [-0.25, -0.2) is 0 Å². The van der Waals surface area contributed by atoms with Crippen LogP contribution in [0.25, 0.3) is 0 Å². The normalized spacial score (nSPS) is 19.9. The lowest BCUT2D eigenvalue weighted by Crippen LogP contribution is -2.37. The first-order valence-electron chi connectivity index (χ1n) is 7.08. The summed E-state index contributed by atoms with van der Waals surface area (Å²) >= 11 is 3.58. The van der Waals surface area contributed by atoms with E-state index in [2.05, 4.69) is 15.9 Å². The minimum atomic E-state index is -0.0643. The van der Waals surface area contributed by atoms with Crippen molar-refractivity contribution in [2.75, 3.05) is 20.4 Å². The Hall–Kier alpha value is -0.940. The van der Waals surface area contributed by atoms with Crippen molar-refractivity contribution >= 4 is 15.9 Å². The van der Waals surface area contributed by atoms with Gasteiger partial charge in [0.15, 0.2) is 11.5 Å². The summed E-state index contributed by atoms with van der Waals surface area (Å²) in [6.45, 7) is 0.873. The Labute approximate surface area is 127 Å². The number of rotatable bonds is 3. The van der Waals surface area contributed by atoms with E-state index in [-0.39, 0.29) is 12.2 Å². The first-order valence-corrected chi connectivity index (χ1v) is 7.88. The molecule has 0 aromatic heterocycles. The van der Waals surface area contributed by atoms with Crippen LogP contribution in [0.5, 0.6) is 17.2 Å². The average molecular weight is 342 g/mol. The highest BCUT2D eigenvalue weighted by Crippen LogP contribution is 2.54. The van der Waals surface area contributed by atoms with Gasteiger partial charge < -0.3 is 19.9 Å². The number of nitrogens with two attached hydrogens (primary N) is 1. The van der Waals surface area contributed by atoms with E-state index in [1.165, 1.54) is 19.3 Å². The summed E-state index contributed by atoms with van der Waals surface area (Å²) in [5, 5.41) is 0. The highest BCUT2D eigenvalue weighted by atomic mass is 79.9. The van der Waals surface area contributed by atoms with Gasteiger partial charge in [-0.1, -0.05) is 19.3 Å². The van der Waals surface area contributed by atoms with Gasteiger partial charge in [0, 0.05) is 23.6 Å². The van der Waals surface area contributed by atoms with E-state index in [1.54, 1.807) is 7.11 Å². The molecule has 4 nitrogen and oxygen atoms in total. The molecule has 3 rings (SSSR count). The van der Waals surface area contributed by atoms with Crippen LogP contribution in [0.2, 0.25) is 0 Å². The molecule has 2 aliphatic rings. The summed E-state index contributed by atoms with van der Waals surface area (Å²) in [4.78, 5) is 0. The van der Waals surface area contributed by atoms with Crippen molar-refractivity contribution < 1.29 is 14.2 Å². The Bertz CT molecular complexity index is 509. The van der Waals surface area contributed by atoms with Crippen LogP contribution in [0.4, 0.5) is 0 Å². The highest BCUT2D eigenvalue weighted by Gasteiger charge is 2.41. The van der Waals surface area contributed by atoms with E-state index < -0.39 is 0 Å². The Morgan fingerprint density at radius 3 is 2.70 bits per heavy atom. The lowest BCUT2D eigenvalue weighted by Gasteiger charge is -2.38. The zero-order valence-electron chi connectivity index (χ0n) is 11.7. The minimum Gasteiger partial charge on any atom is -0.495 e. The predicted octanol–water partition coefficient (Wildman–Crippen LogP) is 3.35. The highest BCUT2D eigenvalue weighted by molar-refractivity contribution is 9.10. The molecule has 20 heavy (non-hydrogen) atoms. The smallest absolute Gasteiger partial charge is 0.231 e. The van der Waals surface area contributed by atoms with Crippen LogP contribution >= 0.6 is 15.9 Å². The number of methoxy groups -OCH3 is 1. The molecule has 2 N–H and O–H groups in total. The van der Waals surface area contributed by atoms with Crippen molar-refractivity contribution in [2.45, 2.75) is 37.5 Å². The fourth-order valence-corrected chi connectivity index (χ4v) is 4.03. The number of fused-ring (bicyclic) bond motifs is 1. The zero-order valence-corrected chi connectivity index (χ0v) is 13.3. The van der Waals surface area contributed by atoms with Crippen molar-refractivity contribution in [3.63, 3.8) is 0 Å². The maximum atomic E-state index is 6.17. The van der Waals surface area contributed by atoms with Crippen molar-refractivity contribution in [3.05, 3.63) is 16.1 Å². The molecule has 0 saturated heterocycles. The van der Waals surface area contributed by atoms with Gasteiger partial charge in [0.2, 0.25) is 6.79 Å². The van der Waals surface area contributed by atoms with Gasteiger partial charge in [-0.05, 0) is 28.8 Å². The number of ether oxygens (including phenoxy) is 3. The lowest BCUT2D eigenvalue weighted by atomic mass is 9.68. The SMILES string of the molecule is COc1c(Br)cc2c(c1C1(CN)CCCCC1)OCO2. The molecule has 1 saturated carbocycles. The molecular weight excluding hydrogens is 322 g/mol. The molecular formula is C15H20BrNO3. The van der Waals surface area contributed by atoms with E-state index in [9.17, 15) is 0 Å². The van der Waals surface area contributed by atoms with E-state index in [0.717, 1.165) is 40.1 Å². The van der Waals surface area contributed by atoms with Gasteiger partial charge in [0.05, 0.1) is 11.6 Å². The molecule has 1 aromatic carbocycles. The third kappa shape index (κ3) is 2.07. The Balaban J connectivity index is 2.20. The summed E-state index contributed by atoms with van der Waals surface area (Å²) in [6.07, 6.45) is 5.82. The molecule has 1 heterocycles.